The Morgan fingerprint density at radius 1 is 1.30 bits per heavy atom. The number of rotatable bonds is 4. The quantitative estimate of drug-likeness (QED) is 0.918. The summed E-state index contributed by atoms with van der Waals surface area (Å²) in [6, 6.07) is 1.69. The van der Waals surface area contributed by atoms with Gasteiger partial charge in [-0.3, -0.25) is 4.79 Å². The predicted octanol–water partition coefficient (Wildman–Crippen LogP) is 3.23. The molecule has 4 heteroatoms. The average Bonchev–Trinajstić information content (AvgIpc) is 3.10. The zero-order chi connectivity index (χ0) is 14.0. The van der Waals surface area contributed by atoms with Gasteiger partial charge in [0.2, 0.25) is 0 Å². The van der Waals surface area contributed by atoms with E-state index in [1.165, 1.54) is 12.8 Å². The van der Waals surface area contributed by atoms with E-state index in [4.69, 9.17) is 9.72 Å². The largest absolute Gasteiger partial charge is 0.367 e. The zero-order valence-corrected chi connectivity index (χ0v) is 12.3. The lowest BCUT2D eigenvalue weighted by molar-refractivity contribution is -0.0460. The minimum atomic E-state index is -0.345. The van der Waals surface area contributed by atoms with Crippen molar-refractivity contribution in [1.82, 2.24) is 9.97 Å². The van der Waals surface area contributed by atoms with Gasteiger partial charge in [-0.15, -0.1) is 0 Å². The molecule has 20 heavy (non-hydrogen) atoms. The Morgan fingerprint density at radius 3 is 2.65 bits per heavy atom. The predicted molar refractivity (Wildman–Crippen MR) is 77.8 cm³/mol. The maximum absolute atomic E-state index is 12.0. The van der Waals surface area contributed by atoms with Crippen molar-refractivity contribution in [3.8, 4) is 0 Å². The molecule has 0 amide bonds. The van der Waals surface area contributed by atoms with Crippen LogP contribution in [-0.4, -0.2) is 16.6 Å². The van der Waals surface area contributed by atoms with Crippen LogP contribution in [0, 0.1) is 0 Å². The first-order valence-corrected chi connectivity index (χ1v) is 7.99. The summed E-state index contributed by atoms with van der Waals surface area (Å²) < 4.78 is 6.02. The fourth-order valence-electron chi connectivity index (χ4n) is 3.79. The molecule has 2 aliphatic rings. The number of aromatic amines is 1. The van der Waals surface area contributed by atoms with E-state index in [2.05, 4.69) is 4.98 Å². The highest BCUT2D eigenvalue weighted by Gasteiger charge is 2.39. The lowest BCUT2D eigenvalue weighted by Gasteiger charge is -2.28. The zero-order valence-electron chi connectivity index (χ0n) is 12.3. The maximum atomic E-state index is 12.0. The van der Waals surface area contributed by atoms with Crippen LogP contribution in [0.25, 0.3) is 0 Å². The Labute approximate surface area is 120 Å². The van der Waals surface area contributed by atoms with E-state index >= 15 is 0 Å². The van der Waals surface area contributed by atoms with Gasteiger partial charge in [0.1, 0.15) is 11.4 Å². The summed E-state index contributed by atoms with van der Waals surface area (Å²) in [6.45, 7) is 2.68. The molecule has 0 radical (unpaired) electrons. The molecular weight excluding hydrogens is 252 g/mol. The molecule has 0 spiro atoms. The fourth-order valence-corrected chi connectivity index (χ4v) is 3.79. The molecule has 2 fully saturated rings. The summed E-state index contributed by atoms with van der Waals surface area (Å²) in [5.74, 6) is 1.24. The number of ether oxygens (including phenoxy) is 1. The van der Waals surface area contributed by atoms with Crippen LogP contribution in [0.15, 0.2) is 10.9 Å². The minimum absolute atomic E-state index is 0.0251. The van der Waals surface area contributed by atoms with Crippen molar-refractivity contribution in [2.75, 3.05) is 6.61 Å². The van der Waals surface area contributed by atoms with E-state index in [1.54, 1.807) is 6.07 Å². The van der Waals surface area contributed by atoms with E-state index in [9.17, 15) is 4.79 Å². The van der Waals surface area contributed by atoms with Gasteiger partial charge in [0.05, 0.1) is 5.69 Å². The molecule has 0 aromatic carbocycles. The van der Waals surface area contributed by atoms with Crippen molar-refractivity contribution >= 4 is 0 Å². The summed E-state index contributed by atoms with van der Waals surface area (Å²) in [6.07, 6.45) is 9.08. The van der Waals surface area contributed by atoms with Gasteiger partial charge in [-0.1, -0.05) is 12.8 Å². The number of nitrogens with one attached hydrogen (secondary N) is 1. The second-order valence-electron chi connectivity index (χ2n) is 6.13. The Bertz CT molecular complexity index is 511. The summed E-state index contributed by atoms with van der Waals surface area (Å²) in [4.78, 5) is 19.8. The standard InChI is InChI=1S/C16H24N2O2/c1-2-20-16(9-5-6-10-16)15-17-13(11-14(19)18-15)12-7-3-4-8-12/h11-12H,2-10H2,1H3,(H,17,18,19). The molecule has 110 valence electrons. The number of nitrogens with zero attached hydrogens (tertiary/aromatic N) is 1. The number of aromatic nitrogens is 2. The van der Waals surface area contributed by atoms with Crippen molar-refractivity contribution in [3.63, 3.8) is 0 Å². The lowest BCUT2D eigenvalue weighted by Crippen LogP contribution is -2.32. The minimum Gasteiger partial charge on any atom is -0.367 e. The van der Waals surface area contributed by atoms with Gasteiger partial charge >= 0.3 is 0 Å². The van der Waals surface area contributed by atoms with Crippen LogP contribution in [0.3, 0.4) is 0 Å². The van der Waals surface area contributed by atoms with Crippen LogP contribution >= 0.6 is 0 Å². The van der Waals surface area contributed by atoms with Gasteiger partial charge in [-0.25, -0.2) is 4.98 Å². The van der Waals surface area contributed by atoms with Crippen molar-refractivity contribution in [1.29, 1.82) is 0 Å². The van der Waals surface area contributed by atoms with Crippen LogP contribution in [0.2, 0.25) is 0 Å². The maximum Gasteiger partial charge on any atom is 0.251 e. The SMILES string of the molecule is CCOC1(c2nc(C3CCCC3)cc(=O)[nH]2)CCCC1. The second-order valence-corrected chi connectivity index (χ2v) is 6.13. The first-order valence-electron chi connectivity index (χ1n) is 7.99. The molecular formula is C16H24N2O2. The smallest absolute Gasteiger partial charge is 0.251 e. The lowest BCUT2D eigenvalue weighted by atomic mass is 9.99. The summed E-state index contributed by atoms with van der Waals surface area (Å²) in [5, 5.41) is 0. The highest BCUT2D eigenvalue weighted by Crippen LogP contribution is 2.41. The third kappa shape index (κ3) is 2.53. The Kier molecular flexibility index (Phi) is 3.92. The normalized spacial score (nSPS) is 22.4. The second kappa shape index (κ2) is 5.68. The topological polar surface area (TPSA) is 55.0 Å². The molecule has 2 aliphatic carbocycles. The average molecular weight is 276 g/mol. The van der Waals surface area contributed by atoms with Crippen molar-refractivity contribution < 1.29 is 4.74 Å². The van der Waals surface area contributed by atoms with Crippen molar-refractivity contribution in [2.45, 2.75) is 69.8 Å². The van der Waals surface area contributed by atoms with Gasteiger partial charge in [-0.05, 0) is 45.4 Å². The Hall–Kier alpha value is -1.16. The molecule has 0 unspecified atom stereocenters. The highest BCUT2D eigenvalue weighted by atomic mass is 16.5. The molecule has 0 saturated heterocycles. The first-order chi connectivity index (χ1) is 9.73. The van der Waals surface area contributed by atoms with Crippen LogP contribution in [0.4, 0.5) is 0 Å². The van der Waals surface area contributed by atoms with Crippen LogP contribution in [-0.2, 0) is 10.3 Å². The molecule has 1 aromatic rings. The van der Waals surface area contributed by atoms with Crippen molar-refractivity contribution in [3.05, 3.63) is 27.9 Å². The molecule has 2 saturated carbocycles. The molecule has 1 N–H and O–H groups in total. The fraction of sp³-hybridized carbons (Fsp3) is 0.750. The van der Waals surface area contributed by atoms with Crippen LogP contribution < -0.4 is 5.56 Å². The van der Waals surface area contributed by atoms with Crippen molar-refractivity contribution in [2.24, 2.45) is 0 Å². The number of hydrogen-bond acceptors (Lipinski definition) is 3. The van der Waals surface area contributed by atoms with E-state index in [0.29, 0.717) is 12.5 Å². The molecule has 1 aromatic heterocycles. The van der Waals surface area contributed by atoms with Gasteiger partial charge in [0.15, 0.2) is 0 Å². The molecule has 4 nitrogen and oxygen atoms in total. The summed E-state index contributed by atoms with van der Waals surface area (Å²) in [7, 11) is 0. The molecule has 1 heterocycles. The van der Waals surface area contributed by atoms with E-state index < -0.39 is 0 Å². The Morgan fingerprint density at radius 2 is 2.00 bits per heavy atom. The first kappa shape index (κ1) is 13.8. The van der Waals surface area contributed by atoms with E-state index in [1.807, 2.05) is 6.92 Å². The van der Waals surface area contributed by atoms with E-state index in [0.717, 1.165) is 50.0 Å². The number of hydrogen-bond donors (Lipinski definition) is 1. The third-order valence-corrected chi connectivity index (χ3v) is 4.80. The number of H-pyrrole nitrogens is 1. The monoisotopic (exact) mass is 276 g/mol. The highest BCUT2D eigenvalue weighted by molar-refractivity contribution is 5.14. The van der Waals surface area contributed by atoms with Gasteiger partial charge in [-0.2, -0.15) is 0 Å². The van der Waals surface area contributed by atoms with Crippen LogP contribution in [0.5, 0.6) is 0 Å². The molecule has 0 atom stereocenters. The summed E-state index contributed by atoms with van der Waals surface area (Å²) in [5.41, 5.74) is 0.609. The third-order valence-electron chi connectivity index (χ3n) is 4.80. The molecule has 0 aliphatic heterocycles. The van der Waals surface area contributed by atoms with Gasteiger partial charge in [0, 0.05) is 18.6 Å². The van der Waals surface area contributed by atoms with Gasteiger partial charge < -0.3 is 9.72 Å². The Balaban J connectivity index is 1.97. The van der Waals surface area contributed by atoms with E-state index in [-0.39, 0.29) is 11.2 Å². The molecule has 0 bridgehead atoms. The molecule has 3 rings (SSSR count). The van der Waals surface area contributed by atoms with Gasteiger partial charge in [0.25, 0.3) is 5.56 Å². The summed E-state index contributed by atoms with van der Waals surface area (Å²) >= 11 is 0. The van der Waals surface area contributed by atoms with Crippen LogP contribution in [0.1, 0.15) is 75.7 Å².